The summed E-state index contributed by atoms with van der Waals surface area (Å²) in [5, 5.41) is -0.612. The van der Waals surface area contributed by atoms with Crippen LogP contribution >= 0.6 is 0 Å². The third-order valence-corrected chi connectivity index (χ3v) is 6.44. The SMILES string of the molecule is CCCCC(C)S(=O)(=O)N1CCC(C(=O)c2cccnc2)C1=O. The minimum absolute atomic E-state index is 0.0777. The van der Waals surface area contributed by atoms with Gasteiger partial charge < -0.3 is 0 Å². The van der Waals surface area contributed by atoms with E-state index in [4.69, 9.17) is 0 Å². The van der Waals surface area contributed by atoms with E-state index in [1.54, 1.807) is 25.3 Å². The van der Waals surface area contributed by atoms with Crippen molar-refractivity contribution in [2.75, 3.05) is 6.54 Å². The molecule has 2 atom stereocenters. The molecule has 0 bridgehead atoms. The number of ketones is 1. The Hall–Kier alpha value is -1.76. The van der Waals surface area contributed by atoms with Gasteiger partial charge in [0.15, 0.2) is 5.78 Å². The first kappa shape index (κ1) is 17.6. The molecule has 1 aromatic rings. The molecular weight excluding hydrogens is 316 g/mol. The Balaban J connectivity index is 2.14. The highest BCUT2D eigenvalue weighted by Gasteiger charge is 2.44. The fourth-order valence-electron chi connectivity index (χ4n) is 2.72. The molecule has 0 aliphatic carbocycles. The van der Waals surface area contributed by atoms with Gasteiger partial charge in [-0.15, -0.1) is 0 Å². The zero-order valence-electron chi connectivity index (χ0n) is 13.4. The van der Waals surface area contributed by atoms with Crippen LogP contribution in [-0.4, -0.2) is 41.2 Å². The first-order valence-corrected chi connectivity index (χ1v) is 9.39. The molecule has 1 aromatic heterocycles. The predicted molar refractivity (Wildman–Crippen MR) is 86.3 cm³/mol. The van der Waals surface area contributed by atoms with E-state index in [1.807, 2.05) is 6.92 Å². The highest BCUT2D eigenvalue weighted by Crippen LogP contribution is 2.27. The lowest BCUT2D eigenvalue weighted by Gasteiger charge is -2.21. The smallest absolute Gasteiger partial charge is 0.247 e. The van der Waals surface area contributed by atoms with Crippen LogP contribution in [0.25, 0.3) is 0 Å². The summed E-state index contributed by atoms with van der Waals surface area (Å²) in [6.45, 7) is 3.69. The van der Waals surface area contributed by atoms with E-state index in [0.29, 0.717) is 12.0 Å². The highest BCUT2D eigenvalue weighted by atomic mass is 32.2. The van der Waals surface area contributed by atoms with Gasteiger partial charge in [-0.05, 0) is 31.9 Å². The lowest BCUT2D eigenvalue weighted by molar-refractivity contribution is -0.125. The number of sulfonamides is 1. The predicted octanol–water partition coefficient (Wildman–Crippen LogP) is 2.02. The average Bonchev–Trinajstić information content (AvgIpc) is 2.94. The Bertz CT molecular complexity index is 673. The van der Waals surface area contributed by atoms with Gasteiger partial charge in [0, 0.05) is 24.5 Å². The zero-order chi connectivity index (χ0) is 17.0. The second-order valence-corrected chi connectivity index (χ2v) is 8.13. The number of carbonyl (C=O) groups excluding carboxylic acids is 2. The number of pyridine rings is 1. The molecule has 0 spiro atoms. The number of Topliss-reactive ketones (excluding diaryl/α,β-unsaturated/α-hetero) is 1. The monoisotopic (exact) mass is 338 g/mol. The molecule has 2 unspecified atom stereocenters. The second kappa shape index (κ2) is 7.21. The normalized spacial score (nSPS) is 19.8. The van der Waals surface area contributed by atoms with Crippen LogP contribution in [0.5, 0.6) is 0 Å². The van der Waals surface area contributed by atoms with Gasteiger partial charge in [0.2, 0.25) is 15.9 Å². The molecule has 0 N–H and O–H groups in total. The number of hydrogen-bond acceptors (Lipinski definition) is 5. The van der Waals surface area contributed by atoms with Crippen molar-refractivity contribution in [2.24, 2.45) is 5.92 Å². The summed E-state index contributed by atoms with van der Waals surface area (Å²) in [6, 6.07) is 3.21. The summed E-state index contributed by atoms with van der Waals surface area (Å²) in [5.41, 5.74) is 0.337. The lowest BCUT2D eigenvalue weighted by Crippen LogP contribution is -2.40. The Morgan fingerprint density at radius 1 is 1.48 bits per heavy atom. The van der Waals surface area contributed by atoms with Crippen molar-refractivity contribution in [1.29, 1.82) is 0 Å². The number of unbranched alkanes of at least 4 members (excludes halogenated alkanes) is 1. The molecule has 0 radical (unpaired) electrons. The summed E-state index contributed by atoms with van der Waals surface area (Å²) >= 11 is 0. The summed E-state index contributed by atoms with van der Waals surface area (Å²) < 4.78 is 26.0. The Morgan fingerprint density at radius 3 is 2.83 bits per heavy atom. The van der Waals surface area contributed by atoms with E-state index in [0.717, 1.165) is 17.1 Å². The maximum atomic E-state index is 12.5. The molecule has 23 heavy (non-hydrogen) atoms. The maximum Gasteiger partial charge on any atom is 0.247 e. The third-order valence-electron chi connectivity index (χ3n) is 4.21. The highest BCUT2D eigenvalue weighted by molar-refractivity contribution is 7.90. The van der Waals surface area contributed by atoms with Crippen molar-refractivity contribution in [2.45, 2.75) is 44.8 Å². The second-order valence-electron chi connectivity index (χ2n) is 5.86. The number of hydrogen-bond donors (Lipinski definition) is 0. The molecule has 126 valence electrons. The Labute approximate surface area is 137 Å². The minimum Gasteiger partial charge on any atom is -0.293 e. The van der Waals surface area contributed by atoms with Gasteiger partial charge in [0.05, 0.1) is 5.25 Å². The van der Waals surface area contributed by atoms with Crippen LogP contribution in [0.15, 0.2) is 24.5 Å². The number of amides is 1. The van der Waals surface area contributed by atoms with Crippen LogP contribution in [0.1, 0.15) is 49.9 Å². The lowest BCUT2D eigenvalue weighted by atomic mass is 9.98. The van der Waals surface area contributed by atoms with Gasteiger partial charge in [0.1, 0.15) is 5.92 Å². The maximum absolute atomic E-state index is 12.5. The van der Waals surface area contributed by atoms with Crippen LogP contribution in [-0.2, 0) is 14.8 Å². The van der Waals surface area contributed by atoms with Crippen LogP contribution in [0, 0.1) is 5.92 Å². The molecule has 0 saturated carbocycles. The standard InChI is InChI=1S/C16H22N2O4S/c1-3-4-6-12(2)23(21,22)18-10-8-14(16(18)20)15(19)13-7-5-9-17-11-13/h5,7,9,11-12,14H,3-4,6,8,10H2,1-2H3. The van der Waals surface area contributed by atoms with Crippen molar-refractivity contribution in [3.63, 3.8) is 0 Å². The van der Waals surface area contributed by atoms with Crippen LogP contribution in [0.3, 0.4) is 0 Å². The summed E-state index contributed by atoms with van der Waals surface area (Å²) in [6.07, 6.45) is 5.38. The van der Waals surface area contributed by atoms with Crippen LogP contribution in [0.2, 0.25) is 0 Å². The van der Waals surface area contributed by atoms with E-state index in [1.165, 1.54) is 6.20 Å². The van der Waals surface area contributed by atoms with E-state index in [-0.39, 0.29) is 18.7 Å². The number of carbonyl (C=O) groups is 2. The van der Waals surface area contributed by atoms with Gasteiger partial charge in [0.25, 0.3) is 0 Å². The Morgan fingerprint density at radius 2 is 2.22 bits per heavy atom. The molecule has 6 nitrogen and oxygen atoms in total. The van der Waals surface area contributed by atoms with Crippen LogP contribution < -0.4 is 0 Å². The van der Waals surface area contributed by atoms with Gasteiger partial charge in [-0.2, -0.15) is 0 Å². The van der Waals surface area contributed by atoms with E-state index < -0.39 is 27.1 Å². The van der Waals surface area contributed by atoms with E-state index in [2.05, 4.69) is 4.98 Å². The quantitative estimate of drug-likeness (QED) is 0.561. The first-order valence-electron chi connectivity index (χ1n) is 7.89. The Kier molecular flexibility index (Phi) is 5.51. The fourth-order valence-corrected chi connectivity index (χ4v) is 4.35. The number of nitrogens with zero attached hydrogens (tertiary/aromatic N) is 2. The molecule has 1 aliphatic heterocycles. The molecule has 7 heteroatoms. The number of rotatable bonds is 7. The molecule has 2 rings (SSSR count). The summed E-state index contributed by atoms with van der Waals surface area (Å²) in [7, 11) is -3.69. The molecule has 1 aliphatic rings. The average molecular weight is 338 g/mol. The van der Waals surface area contributed by atoms with Crippen molar-refractivity contribution in [3.05, 3.63) is 30.1 Å². The van der Waals surface area contributed by atoms with E-state index in [9.17, 15) is 18.0 Å². The molecule has 0 aromatic carbocycles. The van der Waals surface area contributed by atoms with E-state index >= 15 is 0 Å². The first-order chi connectivity index (χ1) is 10.9. The number of aromatic nitrogens is 1. The molecule has 1 amide bonds. The van der Waals surface area contributed by atoms with Gasteiger partial charge in [-0.25, -0.2) is 12.7 Å². The third kappa shape index (κ3) is 3.60. The largest absolute Gasteiger partial charge is 0.293 e. The molecular formula is C16H22N2O4S. The van der Waals surface area contributed by atoms with Crippen molar-refractivity contribution < 1.29 is 18.0 Å². The molecule has 1 saturated heterocycles. The zero-order valence-corrected chi connectivity index (χ0v) is 14.3. The topological polar surface area (TPSA) is 84.4 Å². The molecule has 1 fully saturated rings. The van der Waals surface area contributed by atoms with Gasteiger partial charge in [-0.1, -0.05) is 19.8 Å². The van der Waals surface area contributed by atoms with Crippen molar-refractivity contribution >= 4 is 21.7 Å². The van der Waals surface area contributed by atoms with Crippen molar-refractivity contribution in [1.82, 2.24) is 9.29 Å². The molecule has 2 heterocycles. The van der Waals surface area contributed by atoms with Gasteiger partial charge >= 0.3 is 0 Å². The van der Waals surface area contributed by atoms with Gasteiger partial charge in [-0.3, -0.25) is 14.6 Å². The fraction of sp³-hybridized carbons (Fsp3) is 0.562. The summed E-state index contributed by atoms with van der Waals surface area (Å²) in [5.74, 6) is -1.89. The van der Waals surface area contributed by atoms with Crippen molar-refractivity contribution in [3.8, 4) is 0 Å². The summed E-state index contributed by atoms with van der Waals surface area (Å²) in [4.78, 5) is 28.7. The minimum atomic E-state index is -3.69. The van der Waals surface area contributed by atoms with Crippen LogP contribution in [0.4, 0.5) is 0 Å².